The van der Waals surface area contributed by atoms with Crippen molar-refractivity contribution in [3.63, 3.8) is 0 Å². The van der Waals surface area contributed by atoms with Gasteiger partial charge >= 0.3 is 0 Å². The fourth-order valence-electron chi connectivity index (χ4n) is 4.42. The fraction of sp³-hybridized carbons (Fsp3) is 0.400. The normalized spacial score (nSPS) is 19.9. The number of rotatable bonds is 6. The van der Waals surface area contributed by atoms with Crippen molar-refractivity contribution in [2.45, 2.75) is 25.7 Å². The first kappa shape index (κ1) is 20.3. The molecule has 156 valence electrons. The highest BCUT2D eigenvalue weighted by Gasteiger charge is 2.36. The van der Waals surface area contributed by atoms with Crippen LogP contribution in [0.15, 0.2) is 61.4 Å². The molecule has 0 bridgehead atoms. The van der Waals surface area contributed by atoms with Crippen LogP contribution in [0.25, 0.3) is 11.1 Å². The van der Waals surface area contributed by atoms with E-state index in [1.807, 2.05) is 40.3 Å². The van der Waals surface area contributed by atoms with Crippen molar-refractivity contribution in [3.8, 4) is 11.1 Å². The van der Waals surface area contributed by atoms with Gasteiger partial charge in [-0.05, 0) is 36.5 Å². The van der Waals surface area contributed by atoms with Crippen molar-refractivity contribution in [1.29, 1.82) is 0 Å². The number of amides is 2. The number of benzene rings is 1. The van der Waals surface area contributed by atoms with E-state index >= 15 is 0 Å². The van der Waals surface area contributed by atoms with Gasteiger partial charge in [-0.1, -0.05) is 42.8 Å². The third kappa shape index (κ3) is 4.30. The highest BCUT2D eigenvalue weighted by Crippen LogP contribution is 2.30. The van der Waals surface area contributed by atoms with Gasteiger partial charge < -0.3 is 9.80 Å². The van der Waals surface area contributed by atoms with Crippen molar-refractivity contribution in [3.05, 3.63) is 67.0 Å². The van der Waals surface area contributed by atoms with Crippen molar-refractivity contribution in [2.24, 2.45) is 11.8 Å². The fourth-order valence-corrected chi connectivity index (χ4v) is 4.42. The smallest absolute Gasteiger partial charge is 0.228 e. The molecular weight excluding hydrogens is 374 g/mol. The molecule has 2 amide bonds. The average Bonchev–Trinajstić information content (AvgIpc) is 2.88. The molecule has 0 spiro atoms. The van der Waals surface area contributed by atoms with Gasteiger partial charge in [-0.15, -0.1) is 6.58 Å². The Morgan fingerprint density at radius 2 is 2.00 bits per heavy atom. The number of hydrogen-bond acceptors (Lipinski definition) is 3. The molecule has 1 aliphatic carbocycles. The lowest BCUT2D eigenvalue weighted by molar-refractivity contribution is -0.138. The van der Waals surface area contributed by atoms with E-state index in [0.717, 1.165) is 36.0 Å². The summed E-state index contributed by atoms with van der Waals surface area (Å²) in [7, 11) is 0. The maximum Gasteiger partial charge on any atom is 0.228 e. The maximum atomic E-state index is 13.3. The van der Waals surface area contributed by atoms with Gasteiger partial charge in [0.1, 0.15) is 0 Å². The van der Waals surface area contributed by atoms with Crippen molar-refractivity contribution >= 4 is 11.8 Å². The van der Waals surface area contributed by atoms with Gasteiger partial charge in [0.05, 0.1) is 5.92 Å². The molecule has 2 heterocycles. The highest BCUT2D eigenvalue weighted by molar-refractivity contribution is 5.84. The molecule has 0 N–H and O–H groups in total. The zero-order valence-corrected chi connectivity index (χ0v) is 17.4. The number of hydrogen-bond donors (Lipinski definition) is 0. The van der Waals surface area contributed by atoms with Gasteiger partial charge in [0.2, 0.25) is 11.8 Å². The third-order valence-electron chi connectivity index (χ3n) is 6.31. The second kappa shape index (κ2) is 9.24. The molecule has 1 unspecified atom stereocenters. The Bertz CT molecular complexity index is 908. The Balaban J connectivity index is 1.61. The van der Waals surface area contributed by atoms with Crippen LogP contribution in [0.1, 0.15) is 24.8 Å². The molecule has 5 nitrogen and oxygen atoms in total. The van der Waals surface area contributed by atoms with E-state index in [4.69, 9.17) is 0 Å². The first-order valence-corrected chi connectivity index (χ1v) is 10.8. The second-order valence-electron chi connectivity index (χ2n) is 8.28. The van der Waals surface area contributed by atoms with Gasteiger partial charge in [0.25, 0.3) is 0 Å². The first-order valence-electron chi connectivity index (χ1n) is 10.8. The van der Waals surface area contributed by atoms with Crippen LogP contribution in [0.5, 0.6) is 0 Å². The molecule has 5 heteroatoms. The summed E-state index contributed by atoms with van der Waals surface area (Å²) >= 11 is 0. The quantitative estimate of drug-likeness (QED) is 0.693. The molecule has 1 aliphatic heterocycles. The summed E-state index contributed by atoms with van der Waals surface area (Å²) in [6, 6.07) is 12.1. The van der Waals surface area contributed by atoms with Crippen molar-refractivity contribution in [1.82, 2.24) is 14.8 Å². The molecule has 1 saturated heterocycles. The van der Waals surface area contributed by atoms with Gasteiger partial charge in [-0.2, -0.15) is 0 Å². The summed E-state index contributed by atoms with van der Waals surface area (Å²) in [6.45, 7) is 5.99. The molecule has 1 aromatic heterocycles. The molecule has 1 aromatic carbocycles. The van der Waals surface area contributed by atoms with Crippen molar-refractivity contribution in [2.75, 3.05) is 26.2 Å². The summed E-state index contributed by atoms with van der Waals surface area (Å²) in [5, 5.41) is 0. The van der Waals surface area contributed by atoms with Crippen LogP contribution < -0.4 is 0 Å². The molecule has 1 atom stereocenters. The van der Waals surface area contributed by atoms with Crippen LogP contribution >= 0.6 is 0 Å². The Kier molecular flexibility index (Phi) is 6.26. The van der Waals surface area contributed by atoms with E-state index in [0.29, 0.717) is 32.6 Å². The van der Waals surface area contributed by atoms with E-state index in [1.165, 1.54) is 0 Å². The van der Waals surface area contributed by atoms with Crippen LogP contribution in [0.3, 0.4) is 0 Å². The Labute approximate surface area is 178 Å². The SMILES string of the molecule is C=CCN1CCN(C(=O)C2CCC2)CC(Cc2ccccc2-c2cccnc2)C1=O. The maximum absolute atomic E-state index is 13.3. The van der Waals surface area contributed by atoms with Crippen LogP contribution in [0.4, 0.5) is 0 Å². The molecule has 30 heavy (non-hydrogen) atoms. The minimum atomic E-state index is -0.255. The summed E-state index contributed by atoms with van der Waals surface area (Å²) in [5.74, 6) is 0.225. The lowest BCUT2D eigenvalue weighted by atomic mass is 9.84. The monoisotopic (exact) mass is 403 g/mol. The van der Waals surface area contributed by atoms with Crippen LogP contribution in [-0.4, -0.2) is 52.8 Å². The lowest BCUT2D eigenvalue weighted by Gasteiger charge is -2.32. The molecule has 1 saturated carbocycles. The number of pyridine rings is 1. The number of carbonyl (C=O) groups is 2. The van der Waals surface area contributed by atoms with E-state index < -0.39 is 0 Å². The molecule has 2 fully saturated rings. The van der Waals surface area contributed by atoms with E-state index in [9.17, 15) is 9.59 Å². The summed E-state index contributed by atoms with van der Waals surface area (Å²) in [5.41, 5.74) is 3.25. The second-order valence-corrected chi connectivity index (χ2v) is 8.28. The predicted molar refractivity (Wildman–Crippen MR) is 118 cm³/mol. The van der Waals surface area contributed by atoms with E-state index in [2.05, 4.69) is 23.7 Å². The first-order chi connectivity index (χ1) is 14.7. The van der Waals surface area contributed by atoms with E-state index in [-0.39, 0.29) is 23.7 Å². The molecular formula is C25H29N3O2. The third-order valence-corrected chi connectivity index (χ3v) is 6.31. The van der Waals surface area contributed by atoms with Crippen LogP contribution in [0.2, 0.25) is 0 Å². The number of carbonyl (C=O) groups excluding carboxylic acids is 2. The molecule has 0 radical (unpaired) electrons. The van der Waals surface area contributed by atoms with E-state index in [1.54, 1.807) is 12.3 Å². The number of nitrogens with zero attached hydrogens (tertiary/aromatic N) is 3. The zero-order valence-electron chi connectivity index (χ0n) is 17.4. The zero-order chi connectivity index (χ0) is 20.9. The lowest BCUT2D eigenvalue weighted by Crippen LogP contribution is -2.42. The highest BCUT2D eigenvalue weighted by atomic mass is 16.2. The average molecular weight is 404 g/mol. The number of aromatic nitrogens is 1. The summed E-state index contributed by atoms with van der Waals surface area (Å²) < 4.78 is 0. The predicted octanol–water partition coefficient (Wildman–Crippen LogP) is 3.56. The van der Waals surface area contributed by atoms with Gasteiger partial charge in [0.15, 0.2) is 0 Å². The standard InChI is InChI=1S/C25H29N3O2/c1-2-13-27-14-15-28(24(29)19-8-5-9-19)18-22(25(27)30)16-20-7-3-4-11-23(20)21-10-6-12-26-17-21/h2-4,6-7,10-12,17,19,22H,1,5,8-9,13-16,18H2. The van der Waals surface area contributed by atoms with Crippen LogP contribution in [-0.2, 0) is 16.0 Å². The van der Waals surface area contributed by atoms with Crippen molar-refractivity contribution < 1.29 is 9.59 Å². The summed E-state index contributed by atoms with van der Waals surface area (Å²) in [4.78, 5) is 34.3. The minimum Gasteiger partial charge on any atom is -0.340 e. The minimum absolute atomic E-state index is 0.111. The van der Waals surface area contributed by atoms with Gasteiger partial charge in [-0.3, -0.25) is 14.6 Å². The van der Waals surface area contributed by atoms with Gasteiger partial charge in [0, 0.05) is 50.1 Å². The largest absolute Gasteiger partial charge is 0.340 e. The van der Waals surface area contributed by atoms with Gasteiger partial charge in [-0.25, -0.2) is 0 Å². The topological polar surface area (TPSA) is 53.5 Å². The molecule has 4 rings (SSSR count). The Morgan fingerprint density at radius 1 is 1.17 bits per heavy atom. The Morgan fingerprint density at radius 3 is 2.70 bits per heavy atom. The van der Waals surface area contributed by atoms with Crippen LogP contribution in [0, 0.1) is 11.8 Å². The molecule has 2 aliphatic rings. The Hall–Kier alpha value is -2.95. The summed E-state index contributed by atoms with van der Waals surface area (Å²) in [6.07, 6.45) is 9.08. The molecule has 2 aromatic rings.